The smallest absolute Gasteiger partial charge is 0.338 e. The molecule has 24 heavy (non-hydrogen) atoms. The van der Waals surface area contributed by atoms with Crippen molar-refractivity contribution in [2.24, 2.45) is 28.9 Å². The second-order valence-corrected chi connectivity index (χ2v) is 7.68. The number of amides is 1. The molecule has 4 rings (SSSR count). The minimum Gasteiger partial charge on any atom is -0.484 e. The number of hydrogen-bond donors (Lipinski definition) is 1. The van der Waals surface area contributed by atoms with E-state index in [0.717, 1.165) is 6.42 Å². The van der Waals surface area contributed by atoms with Gasteiger partial charge in [-0.1, -0.05) is 26.8 Å². The molecule has 2 bridgehead atoms. The zero-order chi connectivity index (χ0) is 17.5. The first kappa shape index (κ1) is 16.8. The first-order valence-corrected chi connectivity index (χ1v) is 8.51. The molecule has 0 spiro atoms. The zero-order valence-corrected chi connectivity index (χ0v) is 14.5. The Kier molecular flexibility index (Phi) is 4.28. The average molecular weight is 331 g/mol. The van der Waals surface area contributed by atoms with E-state index in [4.69, 9.17) is 15.2 Å². The van der Waals surface area contributed by atoms with E-state index in [2.05, 4.69) is 20.8 Å². The Morgan fingerprint density at radius 2 is 2.04 bits per heavy atom. The molecule has 130 valence electrons. The van der Waals surface area contributed by atoms with Crippen molar-refractivity contribution in [2.75, 3.05) is 6.61 Å². The Labute approximate surface area is 142 Å². The van der Waals surface area contributed by atoms with E-state index >= 15 is 0 Å². The van der Waals surface area contributed by atoms with Crippen LogP contribution < -0.4 is 10.5 Å². The minimum absolute atomic E-state index is 0.0236. The normalized spacial score (nSPS) is 30.1. The first-order chi connectivity index (χ1) is 11.3. The second kappa shape index (κ2) is 6.11. The van der Waals surface area contributed by atoms with Crippen molar-refractivity contribution in [1.82, 2.24) is 0 Å². The van der Waals surface area contributed by atoms with Crippen molar-refractivity contribution in [3.05, 3.63) is 29.8 Å². The number of ether oxygens (including phenoxy) is 2. The monoisotopic (exact) mass is 331 g/mol. The number of carbonyl (C=O) groups excluding carboxylic acids is 2. The highest BCUT2D eigenvalue weighted by atomic mass is 16.5. The van der Waals surface area contributed by atoms with Gasteiger partial charge in [-0.2, -0.15) is 0 Å². The van der Waals surface area contributed by atoms with E-state index in [9.17, 15) is 9.59 Å². The summed E-state index contributed by atoms with van der Waals surface area (Å²) in [5.74, 6) is 1.18. The quantitative estimate of drug-likeness (QED) is 0.842. The molecule has 1 aromatic rings. The topological polar surface area (TPSA) is 78.6 Å². The maximum atomic E-state index is 12.5. The number of fused-ring (bicyclic) bond motifs is 2. The van der Waals surface area contributed by atoms with Gasteiger partial charge in [0.1, 0.15) is 11.9 Å². The lowest BCUT2D eigenvalue weighted by atomic mass is 9.45. The average Bonchev–Trinajstić information content (AvgIpc) is 2.54. The van der Waals surface area contributed by atoms with Crippen LogP contribution in [0.2, 0.25) is 0 Å². The van der Waals surface area contributed by atoms with E-state index in [1.54, 1.807) is 24.3 Å². The molecule has 0 heterocycles. The molecule has 3 aliphatic carbocycles. The predicted octanol–water partition coefficient (Wildman–Crippen LogP) is 2.78. The summed E-state index contributed by atoms with van der Waals surface area (Å²) in [6, 6.07) is 6.67. The Morgan fingerprint density at radius 3 is 2.67 bits per heavy atom. The third-order valence-corrected chi connectivity index (χ3v) is 5.99. The number of esters is 1. The highest BCUT2D eigenvalue weighted by Gasteiger charge is 2.57. The Bertz CT molecular complexity index is 655. The van der Waals surface area contributed by atoms with Crippen LogP contribution in [0, 0.1) is 23.2 Å². The molecule has 0 radical (unpaired) electrons. The van der Waals surface area contributed by atoms with Crippen LogP contribution in [-0.4, -0.2) is 24.6 Å². The fourth-order valence-corrected chi connectivity index (χ4v) is 4.33. The molecule has 0 aliphatic heterocycles. The zero-order valence-electron chi connectivity index (χ0n) is 14.5. The summed E-state index contributed by atoms with van der Waals surface area (Å²) in [6.07, 6.45) is 2.16. The van der Waals surface area contributed by atoms with E-state index in [0.29, 0.717) is 34.5 Å². The van der Waals surface area contributed by atoms with E-state index in [1.807, 2.05) is 0 Å². The number of hydrogen-bond acceptors (Lipinski definition) is 4. The highest BCUT2D eigenvalue weighted by molar-refractivity contribution is 5.90. The molecule has 3 fully saturated rings. The molecule has 4 atom stereocenters. The fraction of sp³-hybridized carbons (Fsp3) is 0.579. The molecule has 2 N–H and O–H groups in total. The number of carbonyl (C=O) groups is 2. The third-order valence-electron chi connectivity index (χ3n) is 5.99. The molecule has 1 aromatic carbocycles. The van der Waals surface area contributed by atoms with Crippen LogP contribution in [0.15, 0.2) is 24.3 Å². The largest absolute Gasteiger partial charge is 0.484 e. The second-order valence-electron chi connectivity index (χ2n) is 7.68. The van der Waals surface area contributed by atoms with Gasteiger partial charge >= 0.3 is 5.97 Å². The van der Waals surface area contributed by atoms with Gasteiger partial charge in [0, 0.05) is 0 Å². The summed E-state index contributed by atoms with van der Waals surface area (Å²) in [6.45, 7) is 6.61. The van der Waals surface area contributed by atoms with Crippen molar-refractivity contribution in [2.45, 2.75) is 39.7 Å². The number of primary amides is 1. The fourth-order valence-electron chi connectivity index (χ4n) is 4.33. The van der Waals surface area contributed by atoms with Gasteiger partial charge in [-0.15, -0.1) is 0 Å². The minimum atomic E-state index is -0.555. The van der Waals surface area contributed by atoms with Crippen molar-refractivity contribution < 1.29 is 19.1 Å². The van der Waals surface area contributed by atoms with Crippen LogP contribution in [0.3, 0.4) is 0 Å². The van der Waals surface area contributed by atoms with Gasteiger partial charge in [0.2, 0.25) is 0 Å². The maximum Gasteiger partial charge on any atom is 0.338 e. The van der Waals surface area contributed by atoms with Gasteiger partial charge in [0.25, 0.3) is 5.91 Å². The molecule has 4 unspecified atom stereocenters. The Morgan fingerprint density at radius 1 is 1.29 bits per heavy atom. The van der Waals surface area contributed by atoms with Crippen LogP contribution in [0.1, 0.15) is 44.0 Å². The van der Waals surface area contributed by atoms with Gasteiger partial charge in [-0.25, -0.2) is 4.79 Å². The van der Waals surface area contributed by atoms with Crippen molar-refractivity contribution in [3.8, 4) is 5.75 Å². The lowest BCUT2D eigenvalue weighted by Crippen LogP contribution is -2.57. The Balaban J connectivity index is 1.63. The van der Waals surface area contributed by atoms with Crippen LogP contribution in [0.25, 0.3) is 0 Å². The number of benzene rings is 1. The van der Waals surface area contributed by atoms with Crippen LogP contribution >= 0.6 is 0 Å². The van der Waals surface area contributed by atoms with Crippen molar-refractivity contribution in [3.63, 3.8) is 0 Å². The van der Waals surface area contributed by atoms with Crippen LogP contribution in [0.4, 0.5) is 0 Å². The molecule has 5 heteroatoms. The van der Waals surface area contributed by atoms with Gasteiger partial charge in [0.15, 0.2) is 6.61 Å². The molecule has 1 amide bonds. The molecule has 0 saturated heterocycles. The summed E-state index contributed by atoms with van der Waals surface area (Å²) < 4.78 is 11.0. The molecule has 0 aromatic heterocycles. The van der Waals surface area contributed by atoms with E-state index < -0.39 is 5.91 Å². The summed E-state index contributed by atoms with van der Waals surface area (Å²) in [5.41, 5.74) is 5.86. The molecular formula is C19H25NO4. The van der Waals surface area contributed by atoms with E-state index in [-0.39, 0.29) is 18.7 Å². The Hall–Kier alpha value is -2.04. The lowest BCUT2D eigenvalue weighted by Gasteiger charge is -2.61. The van der Waals surface area contributed by atoms with Crippen LogP contribution in [-0.2, 0) is 9.53 Å². The number of nitrogens with two attached hydrogens (primary N) is 1. The third kappa shape index (κ3) is 2.99. The number of rotatable bonds is 5. The van der Waals surface area contributed by atoms with E-state index in [1.165, 1.54) is 6.42 Å². The highest BCUT2D eigenvalue weighted by Crippen LogP contribution is 2.61. The molecule has 3 aliphatic rings. The summed E-state index contributed by atoms with van der Waals surface area (Å²) in [5, 5.41) is 0. The lowest BCUT2D eigenvalue weighted by molar-refractivity contribution is -0.156. The standard InChI is InChI=1S/C19H25NO4/c1-11-15-8-13(19(15,2)3)9-16(11)24-18(22)12-5-4-6-14(7-12)23-10-17(20)21/h4-7,11,13,15-16H,8-10H2,1-3H3,(H2,20,21). The van der Waals surface area contributed by atoms with Crippen molar-refractivity contribution in [1.29, 1.82) is 0 Å². The van der Waals surface area contributed by atoms with Gasteiger partial charge in [0.05, 0.1) is 5.56 Å². The van der Waals surface area contributed by atoms with Gasteiger partial charge in [-0.05, 0) is 54.2 Å². The van der Waals surface area contributed by atoms with Crippen molar-refractivity contribution >= 4 is 11.9 Å². The maximum absolute atomic E-state index is 12.5. The predicted molar refractivity (Wildman–Crippen MR) is 89.5 cm³/mol. The molecule has 5 nitrogen and oxygen atoms in total. The van der Waals surface area contributed by atoms with Crippen LogP contribution in [0.5, 0.6) is 5.75 Å². The summed E-state index contributed by atoms with van der Waals surface area (Å²) in [4.78, 5) is 23.2. The summed E-state index contributed by atoms with van der Waals surface area (Å²) in [7, 11) is 0. The summed E-state index contributed by atoms with van der Waals surface area (Å²) >= 11 is 0. The first-order valence-electron chi connectivity index (χ1n) is 8.51. The molecular weight excluding hydrogens is 306 g/mol. The molecule has 3 saturated carbocycles. The SMILES string of the molecule is CC1C(OC(=O)c2cccc(OCC(N)=O)c2)CC2CC1C2(C)C. The van der Waals surface area contributed by atoms with Gasteiger partial charge in [-0.3, -0.25) is 4.79 Å². The van der Waals surface area contributed by atoms with Gasteiger partial charge < -0.3 is 15.2 Å².